The Bertz CT molecular complexity index is 845. The first kappa shape index (κ1) is 21.3. The first-order chi connectivity index (χ1) is 13.6. The van der Waals surface area contributed by atoms with Gasteiger partial charge in [0.2, 0.25) is 0 Å². The minimum Gasteiger partial charge on any atom is -0.506 e. The van der Waals surface area contributed by atoms with Gasteiger partial charge in [-0.1, -0.05) is 39.0 Å². The van der Waals surface area contributed by atoms with Gasteiger partial charge >= 0.3 is 0 Å². The summed E-state index contributed by atoms with van der Waals surface area (Å²) in [5, 5.41) is 13.0. The van der Waals surface area contributed by atoms with Crippen LogP contribution in [-0.2, 0) is 16.7 Å². The van der Waals surface area contributed by atoms with Crippen LogP contribution in [0.5, 0.6) is 5.75 Å². The van der Waals surface area contributed by atoms with E-state index < -0.39 is 0 Å². The molecule has 0 radical (unpaired) electrons. The van der Waals surface area contributed by atoms with E-state index in [9.17, 15) is 9.90 Å². The maximum atomic E-state index is 12.7. The summed E-state index contributed by atoms with van der Waals surface area (Å²) in [6.45, 7) is 13.2. The van der Waals surface area contributed by atoms with Crippen LogP contribution in [-0.4, -0.2) is 41.2 Å². The molecule has 2 aromatic carbocycles. The fraction of sp³-hybridized carbons (Fsp3) is 0.458. The number of carbonyl (C=O) groups is 1. The van der Waals surface area contributed by atoms with Crippen molar-refractivity contribution in [3.8, 4) is 5.75 Å². The van der Waals surface area contributed by atoms with E-state index in [1.54, 1.807) is 6.07 Å². The monoisotopic (exact) mass is 396 g/mol. The number of nitrogens with zero attached hydrogens (tertiary/aromatic N) is 1. The number of morpholine rings is 1. The van der Waals surface area contributed by atoms with Crippen molar-refractivity contribution >= 4 is 11.6 Å². The van der Waals surface area contributed by atoms with Crippen LogP contribution in [0.3, 0.4) is 0 Å². The van der Waals surface area contributed by atoms with Gasteiger partial charge in [-0.3, -0.25) is 9.69 Å². The Kier molecular flexibility index (Phi) is 6.30. The quantitative estimate of drug-likeness (QED) is 0.744. The van der Waals surface area contributed by atoms with Gasteiger partial charge in [0, 0.05) is 25.2 Å². The van der Waals surface area contributed by atoms with Crippen molar-refractivity contribution in [1.82, 2.24) is 4.90 Å². The van der Waals surface area contributed by atoms with Crippen LogP contribution in [0, 0.1) is 0 Å². The smallest absolute Gasteiger partial charge is 0.255 e. The molecule has 1 heterocycles. The molecule has 29 heavy (non-hydrogen) atoms. The number of amides is 1. The number of ether oxygens (including phenoxy) is 1. The van der Waals surface area contributed by atoms with Crippen LogP contribution in [0.4, 0.5) is 5.69 Å². The van der Waals surface area contributed by atoms with E-state index in [0.717, 1.165) is 25.2 Å². The maximum Gasteiger partial charge on any atom is 0.255 e. The lowest BCUT2D eigenvalue weighted by atomic mass is 9.87. The van der Waals surface area contributed by atoms with Crippen LogP contribution in [0.1, 0.15) is 56.1 Å². The van der Waals surface area contributed by atoms with E-state index in [-0.39, 0.29) is 29.3 Å². The molecule has 1 saturated heterocycles. The lowest BCUT2D eigenvalue weighted by molar-refractivity contribution is -0.0704. The lowest BCUT2D eigenvalue weighted by Crippen LogP contribution is -2.44. The van der Waals surface area contributed by atoms with Crippen LogP contribution < -0.4 is 5.32 Å². The Morgan fingerprint density at radius 1 is 1.10 bits per heavy atom. The predicted molar refractivity (Wildman–Crippen MR) is 116 cm³/mol. The van der Waals surface area contributed by atoms with E-state index in [1.807, 2.05) is 36.4 Å². The van der Waals surface area contributed by atoms with Crippen molar-refractivity contribution in [2.75, 3.05) is 18.4 Å². The van der Waals surface area contributed by atoms with Crippen molar-refractivity contribution in [3.63, 3.8) is 0 Å². The zero-order chi connectivity index (χ0) is 21.2. The fourth-order valence-electron chi connectivity index (χ4n) is 3.73. The SMILES string of the molecule is CC1CN(Cc2ccc(C(=O)Nc3cc(C(C)(C)C)ccc3O)cc2)CC(C)O1. The first-order valence-corrected chi connectivity index (χ1v) is 10.2. The summed E-state index contributed by atoms with van der Waals surface area (Å²) in [6, 6.07) is 13.0. The third-order valence-electron chi connectivity index (χ3n) is 5.23. The molecule has 156 valence electrons. The molecule has 0 saturated carbocycles. The number of benzene rings is 2. The van der Waals surface area contributed by atoms with Gasteiger partial charge in [0.25, 0.3) is 5.91 Å². The van der Waals surface area contributed by atoms with E-state index >= 15 is 0 Å². The van der Waals surface area contributed by atoms with Crippen molar-refractivity contribution < 1.29 is 14.6 Å². The zero-order valence-corrected chi connectivity index (χ0v) is 18.0. The van der Waals surface area contributed by atoms with Gasteiger partial charge in [-0.2, -0.15) is 0 Å². The third-order valence-corrected chi connectivity index (χ3v) is 5.23. The van der Waals surface area contributed by atoms with E-state index in [1.165, 1.54) is 5.56 Å². The van der Waals surface area contributed by atoms with Gasteiger partial charge in [-0.25, -0.2) is 0 Å². The molecule has 0 aromatic heterocycles. The van der Waals surface area contributed by atoms with E-state index in [0.29, 0.717) is 11.3 Å². The number of aromatic hydroxyl groups is 1. The predicted octanol–water partition coefficient (Wildman–Crippen LogP) is 4.55. The summed E-state index contributed by atoms with van der Waals surface area (Å²) in [5.41, 5.74) is 3.15. The van der Waals surface area contributed by atoms with Crippen molar-refractivity contribution in [2.24, 2.45) is 0 Å². The van der Waals surface area contributed by atoms with E-state index in [2.05, 4.69) is 44.8 Å². The Morgan fingerprint density at radius 2 is 1.72 bits per heavy atom. The number of rotatable bonds is 4. The molecular weight excluding hydrogens is 364 g/mol. The number of nitrogens with one attached hydrogen (secondary N) is 1. The topological polar surface area (TPSA) is 61.8 Å². The van der Waals surface area contributed by atoms with Crippen LogP contribution in [0.2, 0.25) is 0 Å². The van der Waals surface area contributed by atoms with Crippen LogP contribution in [0.25, 0.3) is 0 Å². The lowest BCUT2D eigenvalue weighted by Gasteiger charge is -2.35. The molecule has 5 nitrogen and oxygen atoms in total. The van der Waals surface area contributed by atoms with Gasteiger partial charge in [-0.15, -0.1) is 0 Å². The maximum absolute atomic E-state index is 12.7. The molecule has 0 bridgehead atoms. The standard InChI is InChI=1S/C24H32N2O3/c1-16-13-26(14-17(2)29-16)15-18-6-8-19(9-7-18)23(28)25-21-12-20(24(3,4)5)10-11-22(21)27/h6-12,16-17,27H,13-15H2,1-5H3,(H,25,28). The number of hydrogen-bond donors (Lipinski definition) is 2. The molecule has 2 atom stereocenters. The third kappa shape index (κ3) is 5.58. The molecule has 3 rings (SSSR count). The number of phenolic OH excluding ortho intramolecular Hbond substituents is 1. The highest BCUT2D eigenvalue weighted by molar-refractivity contribution is 6.05. The molecular formula is C24H32N2O3. The second-order valence-electron chi connectivity index (χ2n) is 9.08. The minimum absolute atomic E-state index is 0.0662. The van der Waals surface area contributed by atoms with Gasteiger partial charge in [-0.05, 0) is 54.7 Å². The molecule has 1 aliphatic rings. The number of hydrogen-bond acceptors (Lipinski definition) is 4. The molecule has 0 aliphatic carbocycles. The van der Waals surface area contributed by atoms with Crippen molar-refractivity contribution in [2.45, 2.75) is 58.8 Å². The Labute approximate surface area is 173 Å². The van der Waals surface area contributed by atoms with Crippen molar-refractivity contribution in [1.29, 1.82) is 0 Å². The number of anilines is 1. The average molecular weight is 397 g/mol. The number of carbonyl (C=O) groups excluding carboxylic acids is 1. The summed E-state index contributed by atoms with van der Waals surface area (Å²) in [4.78, 5) is 15.0. The average Bonchev–Trinajstić information content (AvgIpc) is 2.62. The summed E-state index contributed by atoms with van der Waals surface area (Å²) < 4.78 is 5.79. The van der Waals surface area contributed by atoms with Crippen molar-refractivity contribution in [3.05, 3.63) is 59.2 Å². The molecule has 1 fully saturated rings. The van der Waals surface area contributed by atoms with Gasteiger partial charge in [0.15, 0.2) is 0 Å². The molecule has 0 spiro atoms. The second-order valence-corrected chi connectivity index (χ2v) is 9.08. The molecule has 1 aliphatic heterocycles. The van der Waals surface area contributed by atoms with Gasteiger partial charge in [0.1, 0.15) is 5.75 Å². The second kappa shape index (κ2) is 8.56. The Balaban J connectivity index is 1.66. The molecule has 5 heteroatoms. The summed E-state index contributed by atoms with van der Waals surface area (Å²) in [7, 11) is 0. The zero-order valence-electron chi connectivity index (χ0n) is 18.0. The number of phenols is 1. The van der Waals surface area contributed by atoms with E-state index in [4.69, 9.17) is 4.74 Å². The highest BCUT2D eigenvalue weighted by Gasteiger charge is 2.22. The van der Waals surface area contributed by atoms with Gasteiger partial charge in [0.05, 0.1) is 17.9 Å². The summed E-state index contributed by atoms with van der Waals surface area (Å²) in [5.74, 6) is -0.162. The minimum atomic E-state index is -0.230. The Morgan fingerprint density at radius 3 is 2.31 bits per heavy atom. The fourth-order valence-corrected chi connectivity index (χ4v) is 3.73. The normalized spacial score (nSPS) is 20.4. The van der Waals surface area contributed by atoms with Crippen LogP contribution >= 0.6 is 0 Å². The highest BCUT2D eigenvalue weighted by atomic mass is 16.5. The highest BCUT2D eigenvalue weighted by Crippen LogP contribution is 2.31. The summed E-state index contributed by atoms with van der Waals surface area (Å²) in [6.07, 6.45) is 0.473. The van der Waals surface area contributed by atoms with Gasteiger partial charge < -0.3 is 15.2 Å². The first-order valence-electron chi connectivity index (χ1n) is 10.2. The molecule has 2 aromatic rings. The molecule has 2 N–H and O–H groups in total. The molecule has 2 unspecified atom stereocenters. The molecule has 1 amide bonds. The van der Waals surface area contributed by atoms with Crippen LogP contribution in [0.15, 0.2) is 42.5 Å². The Hall–Kier alpha value is -2.37. The largest absolute Gasteiger partial charge is 0.506 e. The summed E-state index contributed by atoms with van der Waals surface area (Å²) >= 11 is 0.